The fraction of sp³-hybridized carbons (Fsp3) is 0.703. The van der Waals surface area contributed by atoms with Crippen LogP contribution in [0.1, 0.15) is 134 Å². The minimum atomic E-state index is -4.75. The average Bonchev–Trinajstić information content (AvgIpc) is 3.43. The Balaban J connectivity index is 1.25. The number of hydrogen-bond donors (Lipinski definition) is 2. The number of amides is 2. The Bertz CT molecular complexity index is 1610. The maximum Gasteiger partial charge on any atom is 0.472 e. The van der Waals surface area contributed by atoms with Crippen LogP contribution >= 0.6 is 7.82 Å². The van der Waals surface area contributed by atoms with E-state index in [2.05, 4.69) is 51.3 Å². The van der Waals surface area contributed by atoms with E-state index in [0.717, 1.165) is 29.4 Å². The minimum absolute atomic E-state index is 0.0117. The van der Waals surface area contributed by atoms with Gasteiger partial charge in [0.1, 0.15) is 5.58 Å². The number of piperazine rings is 1. The van der Waals surface area contributed by atoms with Crippen LogP contribution < -0.4 is 0 Å². The third-order valence-electron chi connectivity index (χ3n) is 11.3. The van der Waals surface area contributed by atoms with E-state index in [4.69, 9.17) is 18.9 Å². The molecule has 1 aromatic carbocycles. The number of phosphoric acid groups is 1. The SMILES string of the molecule is CC1(C)CCC(c2cc(C(C)(C)C)c3oc(C(=O)N4CCN(C(=O)C5CCC(C)(C(=O)OCOP(=O)(O)O)CC5)CC4(C)C)cc3c2)CC1. The Labute approximate surface area is 290 Å². The molecule has 0 unspecified atom stereocenters. The van der Waals surface area contributed by atoms with E-state index >= 15 is 0 Å². The van der Waals surface area contributed by atoms with Gasteiger partial charge in [-0.3, -0.25) is 14.4 Å². The summed E-state index contributed by atoms with van der Waals surface area (Å²) in [6.07, 6.45) is 6.51. The van der Waals surface area contributed by atoms with E-state index in [0.29, 0.717) is 62.4 Å². The Morgan fingerprint density at radius 3 is 2.14 bits per heavy atom. The molecule has 272 valence electrons. The number of nitrogens with zero attached hydrogens (tertiary/aromatic N) is 2. The lowest BCUT2D eigenvalue weighted by Crippen LogP contribution is -2.62. The van der Waals surface area contributed by atoms with Crippen molar-refractivity contribution in [3.05, 3.63) is 35.1 Å². The molecule has 49 heavy (non-hydrogen) atoms. The highest BCUT2D eigenvalue weighted by molar-refractivity contribution is 7.46. The zero-order valence-corrected chi connectivity index (χ0v) is 31.4. The number of esters is 1. The zero-order chi connectivity index (χ0) is 36.2. The number of fused-ring (bicyclic) bond motifs is 1. The summed E-state index contributed by atoms with van der Waals surface area (Å²) in [6.45, 7) is 17.3. The van der Waals surface area contributed by atoms with Gasteiger partial charge < -0.3 is 28.7 Å². The average molecular weight is 703 g/mol. The molecule has 1 aliphatic heterocycles. The zero-order valence-electron chi connectivity index (χ0n) is 30.5. The molecule has 0 bridgehead atoms. The van der Waals surface area contributed by atoms with Gasteiger partial charge in [-0.1, -0.05) is 40.7 Å². The predicted octanol–water partition coefficient (Wildman–Crippen LogP) is 7.28. The van der Waals surface area contributed by atoms with Crippen molar-refractivity contribution in [2.24, 2.45) is 16.7 Å². The molecular formula is C37H55N2O9P. The second-order valence-corrected chi connectivity index (χ2v) is 18.6. The van der Waals surface area contributed by atoms with Gasteiger partial charge in [0.2, 0.25) is 12.7 Å². The maximum atomic E-state index is 14.1. The molecule has 2 saturated carbocycles. The van der Waals surface area contributed by atoms with Crippen molar-refractivity contribution in [3.8, 4) is 0 Å². The van der Waals surface area contributed by atoms with Gasteiger partial charge in [-0.15, -0.1) is 0 Å². The molecule has 2 aromatic rings. The summed E-state index contributed by atoms with van der Waals surface area (Å²) in [5, 5.41) is 0.963. The first-order valence-electron chi connectivity index (χ1n) is 17.6. The molecule has 2 N–H and O–H groups in total. The molecule has 2 amide bonds. The highest BCUT2D eigenvalue weighted by Gasteiger charge is 2.45. The van der Waals surface area contributed by atoms with Crippen LogP contribution in [0.2, 0.25) is 0 Å². The summed E-state index contributed by atoms with van der Waals surface area (Å²) in [6, 6.07) is 6.43. The van der Waals surface area contributed by atoms with Gasteiger partial charge >= 0.3 is 13.8 Å². The minimum Gasteiger partial charge on any atom is -0.451 e. The predicted molar refractivity (Wildman–Crippen MR) is 186 cm³/mol. The Morgan fingerprint density at radius 1 is 0.939 bits per heavy atom. The molecule has 1 saturated heterocycles. The molecule has 0 radical (unpaired) electrons. The first-order chi connectivity index (χ1) is 22.6. The fourth-order valence-corrected chi connectivity index (χ4v) is 8.14. The first-order valence-corrected chi connectivity index (χ1v) is 19.2. The molecule has 5 rings (SSSR count). The second kappa shape index (κ2) is 13.4. The van der Waals surface area contributed by atoms with E-state index in [9.17, 15) is 18.9 Å². The van der Waals surface area contributed by atoms with Gasteiger partial charge in [0.15, 0.2) is 5.76 Å². The van der Waals surface area contributed by atoms with Crippen molar-refractivity contribution in [1.82, 2.24) is 9.80 Å². The quantitative estimate of drug-likeness (QED) is 0.173. The van der Waals surface area contributed by atoms with Crippen LogP contribution in [0, 0.1) is 16.7 Å². The summed E-state index contributed by atoms with van der Waals surface area (Å²) >= 11 is 0. The normalized spacial score (nSPS) is 25.0. The number of ether oxygens (including phenoxy) is 1. The van der Waals surface area contributed by atoms with E-state index in [1.165, 1.54) is 18.4 Å². The molecule has 0 atom stereocenters. The van der Waals surface area contributed by atoms with Gasteiger partial charge in [0.25, 0.3) is 5.91 Å². The van der Waals surface area contributed by atoms with Crippen LogP contribution in [-0.4, -0.2) is 69.3 Å². The van der Waals surface area contributed by atoms with Crippen molar-refractivity contribution >= 4 is 36.6 Å². The monoisotopic (exact) mass is 702 g/mol. The number of phosphoric ester groups is 1. The summed E-state index contributed by atoms with van der Waals surface area (Å²) in [5.41, 5.74) is 1.93. The number of carbonyl (C=O) groups is 3. The van der Waals surface area contributed by atoms with Crippen LogP contribution in [-0.2, 0) is 28.8 Å². The number of furan rings is 1. The second-order valence-electron chi connectivity index (χ2n) is 17.3. The van der Waals surface area contributed by atoms with Crippen LogP contribution in [0.4, 0.5) is 0 Å². The van der Waals surface area contributed by atoms with E-state index < -0.39 is 31.5 Å². The lowest BCUT2D eigenvalue weighted by atomic mass is 9.70. The Morgan fingerprint density at radius 2 is 1.57 bits per heavy atom. The van der Waals surface area contributed by atoms with E-state index in [1.54, 1.807) is 6.92 Å². The van der Waals surface area contributed by atoms with Crippen LogP contribution in [0.3, 0.4) is 0 Å². The highest BCUT2D eigenvalue weighted by Crippen LogP contribution is 2.45. The molecule has 0 spiro atoms. The summed E-state index contributed by atoms with van der Waals surface area (Å²) in [7, 11) is -4.75. The topological polar surface area (TPSA) is 147 Å². The van der Waals surface area contributed by atoms with E-state index in [-0.39, 0.29) is 23.1 Å². The third-order valence-corrected chi connectivity index (χ3v) is 11.7. The number of rotatable bonds is 7. The highest BCUT2D eigenvalue weighted by atomic mass is 31.2. The van der Waals surface area contributed by atoms with Gasteiger partial charge in [-0.05, 0) is 107 Å². The van der Waals surface area contributed by atoms with Crippen LogP contribution in [0.5, 0.6) is 0 Å². The van der Waals surface area contributed by atoms with Crippen molar-refractivity contribution in [3.63, 3.8) is 0 Å². The van der Waals surface area contributed by atoms with Crippen LogP contribution in [0.25, 0.3) is 11.0 Å². The summed E-state index contributed by atoms with van der Waals surface area (Å²) in [4.78, 5) is 61.7. The van der Waals surface area contributed by atoms with E-state index in [1.807, 2.05) is 29.7 Å². The maximum absolute atomic E-state index is 14.1. The summed E-state index contributed by atoms with van der Waals surface area (Å²) in [5.74, 6) is -0.212. The van der Waals surface area contributed by atoms with Crippen molar-refractivity contribution in [2.75, 3.05) is 26.4 Å². The molecule has 2 aliphatic carbocycles. The molecule has 2 heterocycles. The van der Waals surface area contributed by atoms with Crippen molar-refractivity contribution in [2.45, 2.75) is 124 Å². The molecule has 3 aliphatic rings. The van der Waals surface area contributed by atoms with Gasteiger partial charge in [-0.2, -0.15) is 0 Å². The number of hydrogen-bond acceptors (Lipinski definition) is 7. The molecule has 3 fully saturated rings. The molecule has 11 nitrogen and oxygen atoms in total. The molecule has 1 aromatic heterocycles. The summed E-state index contributed by atoms with van der Waals surface area (Å²) < 4.78 is 26.5. The fourth-order valence-electron chi connectivity index (χ4n) is 7.95. The number of benzene rings is 1. The van der Waals surface area contributed by atoms with Crippen molar-refractivity contribution < 1.29 is 42.4 Å². The number of carbonyl (C=O) groups excluding carboxylic acids is 3. The lowest BCUT2D eigenvalue weighted by Gasteiger charge is -2.48. The van der Waals surface area contributed by atoms with Gasteiger partial charge in [0.05, 0.1) is 11.0 Å². The van der Waals surface area contributed by atoms with Crippen LogP contribution in [0.15, 0.2) is 22.6 Å². The third kappa shape index (κ3) is 8.43. The standard InChI is InChI=1S/C37H55N2O9P/c1-34(2,3)28-20-26(24-9-13-35(4,5)14-10-24)19-27-21-29(48-30(27)28)32(41)39-18-17-38(22-36(39,6)7)31(40)25-11-15-37(8,16-12-25)33(42)46-23-47-49(43,44)45/h19-21,24-25H,9-18,22-23H2,1-8H3,(H2,43,44,45). The lowest BCUT2D eigenvalue weighted by molar-refractivity contribution is -0.166. The Kier molecular flexibility index (Phi) is 10.3. The molecular weight excluding hydrogens is 647 g/mol. The smallest absolute Gasteiger partial charge is 0.451 e. The first kappa shape index (κ1) is 37.5. The van der Waals surface area contributed by atoms with Crippen molar-refractivity contribution in [1.29, 1.82) is 0 Å². The van der Waals surface area contributed by atoms with Gasteiger partial charge in [0, 0.05) is 36.5 Å². The van der Waals surface area contributed by atoms with Gasteiger partial charge in [-0.25, -0.2) is 9.09 Å². The largest absolute Gasteiger partial charge is 0.472 e. The molecule has 12 heteroatoms. The Hall–Kier alpha value is -2.72.